The Hall–Kier alpha value is -2.47. The van der Waals surface area contributed by atoms with Gasteiger partial charge in [0.25, 0.3) is 0 Å². The molecule has 1 saturated carbocycles. The van der Waals surface area contributed by atoms with Gasteiger partial charge < -0.3 is 10.6 Å². The third-order valence-corrected chi connectivity index (χ3v) is 4.43. The number of alkyl halides is 2. The molecule has 28 heavy (non-hydrogen) atoms. The molecule has 1 unspecified atom stereocenters. The smallest absolute Gasteiger partial charge is 0.320 e. The number of fused-ring (bicyclic) bond motifs is 1. The minimum atomic E-state index is -2.17. The summed E-state index contributed by atoms with van der Waals surface area (Å²) in [6.07, 6.45) is 1.80. The molecular formula is C19H18BrF3N4O. The summed E-state index contributed by atoms with van der Waals surface area (Å²) in [5.74, 6) is 6.27. The zero-order chi connectivity index (χ0) is 20.3. The molecule has 2 aliphatic rings. The summed E-state index contributed by atoms with van der Waals surface area (Å²) >= 11 is 3.27. The number of urea groups is 1. The van der Waals surface area contributed by atoms with E-state index in [0.717, 1.165) is 19.8 Å². The van der Waals surface area contributed by atoms with Crippen LogP contribution in [0.5, 0.6) is 0 Å². The lowest BCUT2D eigenvalue weighted by molar-refractivity contribution is 0.171. The number of hydrogen-bond acceptors (Lipinski definition) is 2. The van der Waals surface area contributed by atoms with Gasteiger partial charge in [0.1, 0.15) is 16.5 Å². The lowest BCUT2D eigenvalue weighted by Crippen LogP contribution is -2.37. The second-order valence-corrected chi connectivity index (χ2v) is 7.29. The van der Waals surface area contributed by atoms with E-state index in [4.69, 9.17) is 0 Å². The van der Waals surface area contributed by atoms with Gasteiger partial charge in [-0.05, 0) is 53.9 Å². The van der Waals surface area contributed by atoms with Crippen LogP contribution in [0.4, 0.5) is 23.7 Å². The topological polar surface area (TPSA) is 59.0 Å². The van der Waals surface area contributed by atoms with Crippen molar-refractivity contribution in [1.82, 2.24) is 15.1 Å². The molecule has 5 nitrogen and oxygen atoms in total. The van der Waals surface area contributed by atoms with Crippen LogP contribution in [0.2, 0.25) is 0 Å². The van der Waals surface area contributed by atoms with Crippen LogP contribution in [0.1, 0.15) is 36.9 Å². The van der Waals surface area contributed by atoms with Gasteiger partial charge in [0, 0.05) is 28.9 Å². The summed E-state index contributed by atoms with van der Waals surface area (Å²) in [5.41, 5.74) is 1.71. The molecule has 2 heterocycles. The molecule has 1 aliphatic heterocycles. The van der Waals surface area contributed by atoms with Gasteiger partial charge in [-0.2, -0.15) is 5.10 Å². The molecule has 1 aliphatic carbocycles. The number of aromatic nitrogens is 2. The van der Waals surface area contributed by atoms with Gasteiger partial charge in [0.15, 0.2) is 0 Å². The van der Waals surface area contributed by atoms with E-state index in [1.165, 1.54) is 6.07 Å². The highest BCUT2D eigenvalue weighted by molar-refractivity contribution is 9.10. The van der Waals surface area contributed by atoms with Crippen LogP contribution in [0.3, 0.4) is 0 Å². The van der Waals surface area contributed by atoms with E-state index in [1.807, 2.05) is 0 Å². The number of rotatable bonds is 2. The third-order valence-electron chi connectivity index (χ3n) is 4.00. The van der Waals surface area contributed by atoms with Crippen LogP contribution in [0.25, 0.3) is 0 Å². The first-order valence-corrected chi connectivity index (χ1v) is 9.49. The summed E-state index contributed by atoms with van der Waals surface area (Å²) in [4.78, 5) is 11.8. The Morgan fingerprint density at radius 2 is 2.07 bits per heavy atom. The number of carbonyl (C=O) groups is 1. The molecule has 0 spiro atoms. The average molecular weight is 455 g/mol. The van der Waals surface area contributed by atoms with Gasteiger partial charge in [0.2, 0.25) is 6.43 Å². The minimum absolute atomic E-state index is 0.284. The molecule has 2 amide bonds. The van der Waals surface area contributed by atoms with Crippen molar-refractivity contribution >= 4 is 27.6 Å². The molecular weight excluding hydrogens is 437 g/mol. The average Bonchev–Trinajstić information content (AvgIpc) is 3.35. The van der Waals surface area contributed by atoms with Crippen molar-refractivity contribution in [2.45, 2.75) is 38.8 Å². The van der Waals surface area contributed by atoms with Gasteiger partial charge in [-0.3, -0.25) is 4.68 Å². The first-order valence-electron chi connectivity index (χ1n) is 8.70. The molecule has 2 N–H and O–H groups in total. The summed E-state index contributed by atoms with van der Waals surface area (Å²) < 4.78 is 37.5. The quantitative estimate of drug-likeness (QED) is 0.646. The van der Waals surface area contributed by atoms with Crippen molar-refractivity contribution < 1.29 is 18.0 Å². The fourth-order valence-corrected chi connectivity index (χ4v) is 2.93. The number of nitrogens with zero attached hydrogens (tertiary/aromatic N) is 2. The Balaban J connectivity index is 0.000000516. The van der Waals surface area contributed by atoms with E-state index in [1.54, 1.807) is 23.0 Å². The molecule has 0 saturated heterocycles. The maximum Gasteiger partial charge on any atom is 0.320 e. The molecule has 1 aromatic heterocycles. The first kappa shape index (κ1) is 20.3. The number of halogens is 4. The van der Waals surface area contributed by atoms with E-state index in [9.17, 15) is 18.0 Å². The van der Waals surface area contributed by atoms with Gasteiger partial charge >= 0.3 is 6.03 Å². The molecule has 148 valence electrons. The van der Waals surface area contributed by atoms with Crippen molar-refractivity contribution in [3.63, 3.8) is 0 Å². The van der Waals surface area contributed by atoms with Crippen molar-refractivity contribution in [2.75, 3.05) is 5.32 Å². The summed E-state index contributed by atoms with van der Waals surface area (Å²) in [6.45, 7) is 1.12. The summed E-state index contributed by atoms with van der Waals surface area (Å²) in [5, 5.41) is 9.66. The Morgan fingerprint density at radius 1 is 1.36 bits per heavy atom. The van der Waals surface area contributed by atoms with Crippen LogP contribution in [-0.4, -0.2) is 22.2 Å². The zero-order valence-corrected chi connectivity index (χ0v) is 16.6. The molecule has 9 heteroatoms. The van der Waals surface area contributed by atoms with Gasteiger partial charge in [0.05, 0.1) is 6.54 Å². The molecule has 1 fully saturated rings. The number of carbonyl (C=O) groups excluding carboxylic acids is 1. The SMILES string of the molecule is CC(F)F.O=C1Nc2cc(Cn3ccc(Br)n3)c(F)cc2C(C#CC2CC2)N1. The first-order chi connectivity index (χ1) is 13.3. The van der Waals surface area contributed by atoms with E-state index in [0.29, 0.717) is 27.3 Å². The highest BCUT2D eigenvalue weighted by Crippen LogP contribution is 2.31. The second kappa shape index (κ2) is 8.69. The van der Waals surface area contributed by atoms with Crippen LogP contribution < -0.4 is 10.6 Å². The number of amides is 2. The van der Waals surface area contributed by atoms with E-state index in [2.05, 4.69) is 43.5 Å². The predicted octanol–water partition coefficient (Wildman–Crippen LogP) is 4.69. The van der Waals surface area contributed by atoms with Gasteiger partial charge in [-0.25, -0.2) is 18.0 Å². The van der Waals surface area contributed by atoms with Crippen molar-refractivity contribution in [1.29, 1.82) is 0 Å². The summed E-state index contributed by atoms with van der Waals surface area (Å²) in [6, 6.07) is 4.09. The van der Waals surface area contributed by atoms with Crippen molar-refractivity contribution in [2.24, 2.45) is 5.92 Å². The molecule has 1 aromatic carbocycles. The van der Waals surface area contributed by atoms with E-state index >= 15 is 0 Å². The van der Waals surface area contributed by atoms with Crippen LogP contribution in [0, 0.1) is 23.6 Å². The molecule has 2 aromatic rings. The molecule has 4 rings (SSSR count). The Morgan fingerprint density at radius 3 is 2.68 bits per heavy atom. The number of hydrogen-bond donors (Lipinski definition) is 2. The highest BCUT2D eigenvalue weighted by atomic mass is 79.9. The molecule has 0 bridgehead atoms. The number of anilines is 1. The standard InChI is InChI=1S/C17H14BrFN4O.C2H4F2/c18-16-5-6-23(22-16)9-11-7-15-12(8-13(11)19)14(20-17(24)21-15)4-3-10-1-2-10;1-2(3)4/h5-8,10,14H,1-2,9H2,(H2,20,21,24);2H,1H3. The normalized spacial score (nSPS) is 17.5. The predicted molar refractivity (Wildman–Crippen MR) is 103 cm³/mol. The Kier molecular flexibility index (Phi) is 6.29. The molecule has 0 radical (unpaired) electrons. The number of benzene rings is 1. The largest absolute Gasteiger partial charge is 0.320 e. The van der Waals surface area contributed by atoms with Crippen LogP contribution in [0.15, 0.2) is 29.0 Å². The lowest BCUT2D eigenvalue weighted by atomic mass is 9.99. The van der Waals surface area contributed by atoms with Crippen LogP contribution >= 0.6 is 15.9 Å². The van der Waals surface area contributed by atoms with Crippen molar-refractivity contribution in [3.8, 4) is 11.8 Å². The Labute approximate surface area is 168 Å². The maximum absolute atomic E-state index is 14.5. The highest BCUT2D eigenvalue weighted by Gasteiger charge is 2.26. The number of nitrogens with one attached hydrogen (secondary N) is 2. The van der Waals surface area contributed by atoms with Gasteiger partial charge in [-0.1, -0.05) is 11.8 Å². The zero-order valence-electron chi connectivity index (χ0n) is 15.0. The fraction of sp³-hybridized carbons (Fsp3) is 0.368. The maximum atomic E-state index is 14.5. The Bertz CT molecular complexity index is 928. The van der Waals surface area contributed by atoms with Crippen LogP contribution in [-0.2, 0) is 6.54 Å². The van der Waals surface area contributed by atoms with Crippen molar-refractivity contribution in [3.05, 3.63) is 45.9 Å². The van der Waals surface area contributed by atoms with Gasteiger partial charge in [-0.15, -0.1) is 0 Å². The lowest BCUT2D eigenvalue weighted by Gasteiger charge is -2.24. The minimum Gasteiger partial charge on any atom is -0.320 e. The van der Waals surface area contributed by atoms with E-state index < -0.39 is 12.5 Å². The monoisotopic (exact) mass is 454 g/mol. The third kappa shape index (κ3) is 5.52. The molecule has 1 atom stereocenters. The second-order valence-electron chi connectivity index (χ2n) is 6.48. The fourth-order valence-electron chi connectivity index (χ4n) is 2.61. The summed E-state index contributed by atoms with van der Waals surface area (Å²) in [7, 11) is 0. The van der Waals surface area contributed by atoms with E-state index in [-0.39, 0.29) is 18.4 Å².